The Labute approximate surface area is 181 Å². The van der Waals surface area contributed by atoms with Crippen LogP contribution in [0, 0.1) is 6.92 Å². The van der Waals surface area contributed by atoms with Crippen molar-refractivity contribution in [3.63, 3.8) is 0 Å². The fourth-order valence-electron chi connectivity index (χ4n) is 4.12. The molecule has 2 aliphatic rings. The largest absolute Gasteiger partial charge is 0.362 e. The van der Waals surface area contributed by atoms with Gasteiger partial charge < -0.3 is 20.9 Å². The number of likely N-dealkylation sites (tertiary alicyclic amines) is 1. The standard InChI is InChI=1S/C22H28N6O3/c1-16-8-13-28(26-16)12-4-11-23-19(29)15-27-14-10-22(9-7-20(27)30)24-18-6-3-2-5-17(18)21(31)25-22/h2-3,5-6,8,13,24H,4,7,9-12,14-15H2,1H3,(H,23,29)(H,25,31). The molecule has 0 bridgehead atoms. The highest BCUT2D eigenvalue weighted by atomic mass is 16.2. The molecule has 31 heavy (non-hydrogen) atoms. The lowest BCUT2D eigenvalue weighted by Crippen LogP contribution is -2.58. The summed E-state index contributed by atoms with van der Waals surface area (Å²) in [6, 6.07) is 9.29. The van der Waals surface area contributed by atoms with Crippen molar-refractivity contribution in [1.82, 2.24) is 25.3 Å². The summed E-state index contributed by atoms with van der Waals surface area (Å²) in [4.78, 5) is 39.1. The lowest BCUT2D eigenvalue weighted by atomic mass is 9.95. The first-order valence-corrected chi connectivity index (χ1v) is 10.7. The van der Waals surface area contributed by atoms with Gasteiger partial charge in [-0.15, -0.1) is 0 Å². The van der Waals surface area contributed by atoms with Crippen molar-refractivity contribution < 1.29 is 14.4 Å². The van der Waals surface area contributed by atoms with E-state index in [-0.39, 0.29) is 30.7 Å². The van der Waals surface area contributed by atoms with Gasteiger partial charge in [-0.3, -0.25) is 19.1 Å². The van der Waals surface area contributed by atoms with Crippen LogP contribution in [0.15, 0.2) is 36.5 Å². The first kappa shape index (κ1) is 20.9. The first-order valence-electron chi connectivity index (χ1n) is 10.7. The second kappa shape index (κ2) is 8.79. The van der Waals surface area contributed by atoms with Gasteiger partial charge in [0.1, 0.15) is 5.66 Å². The molecule has 9 heteroatoms. The third-order valence-electron chi connectivity index (χ3n) is 5.82. The summed E-state index contributed by atoms with van der Waals surface area (Å²) >= 11 is 0. The van der Waals surface area contributed by atoms with Crippen LogP contribution in [0.25, 0.3) is 0 Å². The summed E-state index contributed by atoms with van der Waals surface area (Å²) in [5.41, 5.74) is 1.67. The van der Waals surface area contributed by atoms with Crippen LogP contribution in [-0.4, -0.2) is 57.7 Å². The number of carbonyl (C=O) groups excluding carboxylic acids is 3. The fraction of sp³-hybridized carbons (Fsp3) is 0.455. The van der Waals surface area contributed by atoms with Gasteiger partial charge in [-0.2, -0.15) is 5.10 Å². The third-order valence-corrected chi connectivity index (χ3v) is 5.82. The number of aromatic nitrogens is 2. The average Bonchev–Trinajstić information content (AvgIpc) is 3.11. The van der Waals surface area contributed by atoms with Gasteiger partial charge in [0, 0.05) is 44.4 Å². The smallest absolute Gasteiger partial charge is 0.255 e. The van der Waals surface area contributed by atoms with Gasteiger partial charge in [-0.25, -0.2) is 0 Å². The second-order valence-corrected chi connectivity index (χ2v) is 8.20. The highest BCUT2D eigenvalue weighted by Gasteiger charge is 2.40. The van der Waals surface area contributed by atoms with Crippen molar-refractivity contribution in [2.45, 2.75) is 44.8 Å². The van der Waals surface area contributed by atoms with Crippen LogP contribution in [0.2, 0.25) is 0 Å². The van der Waals surface area contributed by atoms with Crippen LogP contribution in [0.1, 0.15) is 41.7 Å². The maximum Gasteiger partial charge on any atom is 0.255 e. The molecule has 4 rings (SSSR count). The zero-order valence-corrected chi connectivity index (χ0v) is 17.7. The topological polar surface area (TPSA) is 108 Å². The van der Waals surface area contributed by atoms with Crippen LogP contribution in [0.5, 0.6) is 0 Å². The zero-order valence-electron chi connectivity index (χ0n) is 17.7. The van der Waals surface area contributed by atoms with Crippen LogP contribution in [-0.2, 0) is 16.1 Å². The van der Waals surface area contributed by atoms with E-state index in [0.29, 0.717) is 31.5 Å². The van der Waals surface area contributed by atoms with E-state index in [1.165, 1.54) is 0 Å². The molecule has 0 aliphatic carbocycles. The molecule has 1 spiro atoms. The van der Waals surface area contributed by atoms with Crippen molar-refractivity contribution in [2.24, 2.45) is 0 Å². The van der Waals surface area contributed by atoms with E-state index < -0.39 is 5.66 Å². The normalized spacial score (nSPS) is 20.6. The van der Waals surface area contributed by atoms with Gasteiger partial charge in [0.2, 0.25) is 11.8 Å². The summed E-state index contributed by atoms with van der Waals surface area (Å²) in [7, 11) is 0. The molecule has 3 heterocycles. The Morgan fingerprint density at radius 3 is 2.84 bits per heavy atom. The highest BCUT2D eigenvalue weighted by molar-refractivity contribution is 6.02. The van der Waals surface area contributed by atoms with Crippen LogP contribution in [0.4, 0.5) is 5.69 Å². The first-order chi connectivity index (χ1) is 14.9. The Morgan fingerprint density at radius 1 is 1.19 bits per heavy atom. The Kier molecular flexibility index (Phi) is 5.92. The quantitative estimate of drug-likeness (QED) is 0.605. The molecule has 164 valence electrons. The Hall–Kier alpha value is -3.36. The van der Waals surface area contributed by atoms with Crippen molar-refractivity contribution in [1.29, 1.82) is 0 Å². The minimum absolute atomic E-state index is 0.0281. The number of aryl methyl sites for hydroxylation is 2. The number of para-hydroxylation sites is 1. The third kappa shape index (κ3) is 4.87. The van der Waals surface area contributed by atoms with Gasteiger partial charge in [-0.1, -0.05) is 12.1 Å². The molecule has 1 aromatic carbocycles. The summed E-state index contributed by atoms with van der Waals surface area (Å²) in [5, 5.41) is 13.7. The highest BCUT2D eigenvalue weighted by Crippen LogP contribution is 2.31. The van der Waals surface area contributed by atoms with Crippen molar-refractivity contribution in [3.05, 3.63) is 47.8 Å². The number of amides is 3. The minimum Gasteiger partial charge on any atom is -0.362 e. The molecule has 0 radical (unpaired) electrons. The van der Waals surface area contributed by atoms with E-state index >= 15 is 0 Å². The van der Waals surface area contributed by atoms with Gasteiger partial charge >= 0.3 is 0 Å². The average molecular weight is 425 g/mol. The molecule has 1 atom stereocenters. The van der Waals surface area contributed by atoms with E-state index in [1.807, 2.05) is 42.1 Å². The molecule has 1 aromatic heterocycles. The van der Waals surface area contributed by atoms with Crippen molar-refractivity contribution >= 4 is 23.4 Å². The number of fused-ring (bicyclic) bond motifs is 1. The van der Waals surface area contributed by atoms with E-state index in [4.69, 9.17) is 0 Å². The fourth-order valence-corrected chi connectivity index (χ4v) is 4.12. The number of anilines is 1. The number of hydrogen-bond acceptors (Lipinski definition) is 5. The predicted octanol–water partition coefficient (Wildman–Crippen LogP) is 1.26. The summed E-state index contributed by atoms with van der Waals surface area (Å²) in [6.07, 6.45) is 3.96. The second-order valence-electron chi connectivity index (χ2n) is 8.20. The lowest BCUT2D eigenvalue weighted by Gasteiger charge is -2.39. The van der Waals surface area contributed by atoms with Crippen LogP contribution >= 0.6 is 0 Å². The molecular weight excluding hydrogens is 396 g/mol. The number of nitrogens with one attached hydrogen (secondary N) is 3. The SMILES string of the molecule is Cc1ccn(CCCNC(=O)CN2CCC3(CCC2=O)NC(=O)c2ccccc2N3)n1. The Morgan fingerprint density at radius 2 is 2.03 bits per heavy atom. The van der Waals surface area contributed by atoms with E-state index in [2.05, 4.69) is 21.0 Å². The Bertz CT molecular complexity index is 987. The van der Waals surface area contributed by atoms with E-state index in [9.17, 15) is 14.4 Å². The molecule has 1 fully saturated rings. The molecular formula is C22H28N6O3. The van der Waals surface area contributed by atoms with Gasteiger partial charge in [0.05, 0.1) is 17.8 Å². The molecule has 0 saturated carbocycles. The van der Waals surface area contributed by atoms with Crippen LogP contribution < -0.4 is 16.0 Å². The van der Waals surface area contributed by atoms with E-state index in [0.717, 1.165) is 24.3 Å². The van der Waals surface area contributed by atoms with Crippen molar-refractivity contribution in [3.8, 4) is 0 Å². The van der Waals surface area contributed by atoms with Gasteiger partial charge in [0.25, 0.3) is 5.91 Å². The number of carbonyl (C=O) groups is 3. The molecule has 3 N–H and O–H groups in total. The van der Waals surface area contributed by atoms with Gasteiger partial charge in [-0.05, 0) is 38.0 Å². The molecule has 1 unspecified atom stereocenters. The maximum absolute atomic E-state index is 12.6. The van der Waals surface area contributed by atoms with Crippen molar-refractivity contribution in [2.75, 3.05) is 25.0 Å². The molecule has 3 amide bonds. The van der Waals surface area contributed by atoms with Crippen LogP contribution in [0.3, 0.4) is 0 Å². The number of benzene rings is 1. The summed E-state index contributed by atoms with van der Waals surface area (Å²) in [6.45, 7) is 3.62. The van der Waals surface area contributed by atoms with E-state index in [1.54, 1.807) is 11.0 Å². The number of nitrogens with zero attached hydrogens (tertiary/aromatic N) is 3. The maximum atomic E-state index is 12.6. The summed E-state index contributed by atoms with van der Waals surface area (Å²) in [5.74, 6) is -0.388. The zero-order chi connectivity index (χ0) is 21.8. The number of rotatable bonds is 6. The molecule has 9 nitrogen and oxygen atoms in total. The minimum atomic E-state index is -0.672. The monoisotopic (exact) mass is 424 g/mol. The molecule has 2 aromatic rings. The molecule has 1 saturated heterocycles. The van der Waals surface area contributed by atoms with Gasteiger partial charge in [0.15, 0.2) is 0 Å². The predicted molar refractivity (Wildman–Crippen MR) is 115 cm³/mol. The Balaban J connectivity index is 1.28. The summed E-state index contributed by atoms with van der Waals surface area (Å²) < 4.78 is 1.85. The number of hydrogen-bond donors (Lipinski definition) is 3. The molecule has 2 aliphatic heterocycles. The lowest BCUT2D eigenvalue weighted by molar-refractivity contribution is -0.135.